The normalized spacial score (nSPS) is 15.4. The molecular weight excluding hydrogens is 535 g/mol. The monoisotopic (exact) mass is 562 g/mol. The number of likely N-dealkylation sites (N-methyl/N-ethyl adjacent to an activating group) is 1. The third-order valence-electron chi connectivity index (χ3n) is 6.23. The second-order valence-electron chi connectivity index (χ2n) is 8.50. The Labute approximate surface area is 234 Å². The van der Waals surface area contributed by atoms with Crippen molar-refractivity contribution >= 4 is 53.9 Å². The molecule has 0 spiro atoms. The molecular formula is C26H29Cl3N6O2. The number of carbonyl (C=O) groups excluding carboxylic acids is 2. The molecule has 2 heterocycles. The summed E-state index contributed by atoms with van der Waals surface area (Å²) in [6.45, 7) is 5.57. The van der Waals surface area contributed by atoms with Crippen molar-refractivity contribution in [1.29, 1.82) is 5.26 Å². The van der Waals surface area contributed by atoms with Gasteiger partial charge in [0.15, 0.2) is 0 Å². The second kappa shape index (κ2) is 13.5. The smallest absolute Gasteiger partial charge is 0.241 e. The summed E-state index contributed by atoms with van der Waals surface area (Å²) in [7, 11) is 0. The van der Waals surface area contributed by atoms with Crippen LogP contribution in [0.1, 0.15) is 30.7 Å². The van der Waals surface area contributed by atoms with E-state index in [0.717, 1.165) is 16.9 Å². The van der Waals surface area contributed by atoms with E-state index in [9.17, 15) is 9.59 Å². The molecule has 8 nitrogen and oxygen atoms in total. The fourth-order valence-electron chi connectivity index (χ4n) is 4.45. The number of nitrogens with zero attached hydrogens (tertiary/aromatic N) is 6. The second-order valence-corrected chi connectivity index (χ2v) is 8.93. The van der Waals surface area contributed by atoms with Crippen molar-refractivity contribution in [1.82, 2.24) is 19.4 Å². The predicted molar refractivity (Wildman–Crippen MR) is 148 cm³/mol. The van der Waals surface area contributed by atoms with E-state index >= 15 is 0 Å². The van der Waals surface area contributed by atoms with Crippen molar-refractivity contribution in [2.24, 2.45) is 0 Å². The van der Waals surface area contributed by atoms with E-state index in [1.54, 1.807) is 53.5 Å². The highest BCUT2D eigenvalue weighted by atomic mass is 35.5. The van der Waals surface area contributed by atoms with Crippen LogP contribution in [0.15, 0.2) is 61.1 Å². The maximum Gasteiger partial charge on any atom is 0.241 e. The molecule has 11 heteroatoms. The standard InChI is InChI=1S/C26H27ClN6O2.2ClH/c1-3-32(19(2)34)25-16-33(23-6-4-5-22(27)11-23)26(35)17-30(25)15-24-13-29-18-31(24)14-21-9-7-20(12-28)8-10-21;;/h4-11,13,18,25H,3,14-17H2,1-2H3;2*1H/t25-;;/m0../s1. The Morgan fingerprint density at radius 2 is 1.92 bits per heavy atom. The van der Waals surface area contributed by atoms with Crippen LogP contribution >= 0.6 is 36.4 Å². The van der Waals surface area contributed by atoms with Gasteiger partial charge in [-0.25, -0.2) is 4.98 Å². The molecule has 0 N–H and O–H groups in total. The summed E-state index contributed by atoms with van der Waals surface area (Å²) < 4.78 is 2.02. The molecule has 0 bridgehead atoms. The van der Waals surface area contributed by atoms with Crippen LogP contribution in [0.25, 0.3) is 0 Å². The van der Waals surface area contributed by atoms with Crippen LogP contribution in [0, 0.1) is 11.3 Å². The fraction of sp³-hybridized carbons (Fsp3) is 0.308. The molecule has 2 aromatic carbocycles. The van der Waals surface area contributed by atoms with Crippen molar-refractivity contribution in [3.05, 3.63) is 82.9 Å². The van der Waals surface area contributed by atoms with Crippen LogP contribution < -0.4 is 4.90 Å². The van der Waals surface area contributed by atoms with Crippen molar-refractivity contribution in [2.45, 2.75) is 33.1 Å². The molecule has 1 atom stereocenters. The van der Waals surface area contributed by atoms with Gasteiger partial charge in [-0.2, -0.15) is 5.26 Å². The maximum atomic E-state index is 13.2. The minimum Gasteiger partial charge on any atom is -0.329 e. The van der Waals surface area contributed by atoms with Gasteiger partial charge in [-0.05, 0) is 42.8 Å². The van der Waals surface area contributed by atoms with Gasteiger partial charge in [0.2, 0.25) is 11.8 Å². The average molecular weight is 564 g/mol. The lowest BCUT2D eigenvalue weighted by Crippen LogP contribution is -2.63. The van der Waals surface area contributed by atoms with Crippen LogP contribution in [0.2, 0.25) is 5.02 Å². The van der Waals surface area contributed by atoms with Crippen molar-refractivity contribution in [3.8, 4) is 6.07 Å². The molecule has 37 heavy (non-hydrogen) atoms. The van der Waals surface area contributed by atoms with Gasteiger partial charge >= 0.3 is 0 Å². The molecule has 2 amide bonds. The molecule has 0 unspecified atom stereocenters. The Kier molecular flexibility index (Phi) is 11.0. The number of aromatic nitrogens is 2. The minimum atomic E-state index is -0.299. The fourth-order valence-corrected chi connectivity index (χ4v) is 4.63. The lowest BCUT2D eigenvalue weighted by Gasteiger charge is -2.45. The van der Waals surface area contributed by atoms with Gasteiger partial charge < -0.3 is 14.4 Å². The summed E-state index contributed by atoms with van der Waals surface area (Å²) in [5.41, 5.74) is 3.31. The van der Waals surface area contributed by atoms with Crippen LogP contribution in [0.4, 0.5) is 5.69 Å². The Morgan fingerprint density at radius 3 is 2.54 bits per heavy atom. The number of hydrogen-bond donors (Lipinski definition) is 0. The van der Waals surface area contributed by atoms with Gasteiger partial charge in [0.05, 0.1) is 36.7 Å². The molecule has 4 rings (SSSR count). The molecule has 196 valence electrons. The van der Waals surface area contributed by atoms with Gasteiger partial charge in [-0.3, -0.25) is 14.5 Å². The van der Waals surface area contributed by atoms with Gasteiger partial charge in [0.25, 0.3) is 0 Å². The van der Waals surface area contributed by atoms with Gasteiger partial charge in [0, 0.05) is 43.5 Å². The largest absolute Gasteiger partial charge is 0.329 e. The third-order valence-corrected chi connectivity index (χ3v) is 6.47. The van der Waals surface area contributed by atoms with Gasteiger partial charge in [-0.15, -0.1) is 24.8 Å². The van der Waals surface area contributed by atoms with Crippen LogP contribution in [0.3, 0.4) is 0 Å². The van der Waals surface area contributed by atoms with Crippen LogP contribution in [-0.4, -0.2) is 57.0 Å². The van der Waals surface area contributed by atoms with Crippen LogP contribution in [0.5, 0.6) is 0 Å². The lowest BCUT2D eigenvalue weighted by atomic mass is 10.1. The molecule has 1 saturated heterocycles. The zero-order valence-corrected chi connectivity index (χ0v) is 23.0. The summed E-state index contributed by atoms with van der Waals surface area (Å²) in [4.78, 5) is 35.5. The number of benzene rings is 2. The first kappa shape index (κ1) is 30.1. The van der Waals surface area contributed by atoms with E-state index in [2.05, 4.69) is 11.1 Å². The van der Waals surface area contributed by atoms with E-state index in [1.807, 2.05) is 40.7 Å². The number of rotatable bonds is 7. The molecule has 1 aliphatic rings. The summed E-state index contributed by atoms with van der Waals surface area (Å²) in [6.07, 6.45) is 3.25. The van der Waals surface area contributed by atoms with E-state index in [-0.39, 0.29) is 49.3 Å². The molecule has 3 aromatic rings. The maximum absolute atomic E-state index is 13.2. The highest BCUT2D eigenvalue weighted by molar-refractivity contribution is 6.30. The summed E-state index contributed by atoms with van der Waals surface area (Å²) in [6, 6.07) is 16.8. The van der Waals surface area contributed by atoms with E-state index in [1.165, 1.54) is 0 Å². The molecule has 1 fully saturated rings. The van der Waals surface area contributed by atoms with Gasteiger partial charge in [-0.1, -0.05) is 29.8 Å². The Bertz CT molecular complexity index is 1260. The quantitative estimate of drug-likeness (QED) is 0.427. The van der Waals surface area contributed by atoms with Crippen molar-refractivity contribution in [3.63, 3.8) is 0 Å². The zero-order chi connectivity index (χ0) is 24.9. The molecule has 0 saturated carbocycles. The van der Waals surface area contributed by atoms with Crippen molar-refractivity contribution < 1.29 is 9.59 Å². The Balaban J connectivity index is 0.00000241. The van der Waals surface area contributed by atoms with E-state index in [4.69, 9.17) is 16.9 Å². The number of hydrogen-bond acceptors (Lipinski definition) is 5. The molecule has 1 aliphatic heterocycles. The summed E-state index contributed by atoms with van der Waals surface area (Å²) >= 11 is 6.17. The highest BCUT2D eigenvalue weighted by Gasteiger charge is 2.37. The first-order valence-electron chi connectivity index (χ1n) is 11.4. The summed E-state index contributed by atoms with van der Waals surface area (Å²) in [5.74, 6) is -0.102. The topological polar surface area (TPSA) is 85.5 Å². The number of nitriles is 1. The predicted octanol–water partition coefficient (Wildman–Crippen LogP) is 4.34. The number of imidazole rings is 1. The Hall–Kier alpha value is -3.09. The first-order valence-corrected chi connectivity index (χ1v) is 11.8. The average Bonchev–Trinajstić information content (AvgIpc) is 3.27. The SMILES string of the molecule is CCN(C(C)=O)[C@H]1CN(c2cccc(Cl)c2)C(=O)CN1Cc1cncn1Cc1ccc(C#N)cc1.Cl.Cl. The molecule has 1 aromatic heterocycles. The van der Waals surface area contributed by atoms with E-state index in [0.29, 0.717) is 36.8 Å². The number of halogens is 3. The highest BCUT2D eigenvalue weighted by Crippen LogP contribution is 2.26. The molecule has 0 radical (unpaired) electrons. The third kappa shape index (κ3) is 7.02. The lowest BCUT2D eigenvalue weighted by molar-refractivity contribution is -0.140. The van der Waals surface area contributed by atoms with Crippen LogP contribution in [-0.2, 0) is 22.7 Å². The number of anilines is 1. The van der Waals surface area contributed by atoms with E-state index < -0.39 is 0 Å². The number of carbonyl (C=O) groups is 2. The number of amides is 2. The van der Waals surface area contributed by atoms with Crippen molar-refractivity contribution in [2.75, 3.05) is 24.5 Å². The molecule has 0 aliphatic carbocycles. The zero-order valence-electron chi connectivity index (χ0n) is 20.6. The van der Waals surface area contributed by atoms with Gasteiger partial charge in [0.1, 0.15) is 6.17 Å². The minimum absolute atomic E-state index is 0. The summed E-state index contributed by atoms with van der Waals surface area (Å²) in [5, 5.41) is 9.59. The Morgan fingerprint density at radius 1 is 1.19 bits per heavy atom. The number of piperazine rings is 1. The first-order chi connectivity index (χ1) is 16.9.